The Bertz CT molecular complexity index is 841. The highest BCUT2D eigenvalue weighted by Gasteiger charge is 2.31. The summed E-state index contributed by atoms with van der Waals surface area (Å²) in [6.07, 6.45) is 2.08. The second kappa shape index (κ2) is 7.52. The van der Waals surface area contributed by atoms with Crippen LogP contribution >= 0.6 is 0 Å². The van der Waals surface area contributed by atoms with E-state index in [9.17, 15) is 9.59 Å². The van der Waals surface area contributed by atoms with Gasteiger partial charge >= 0.3 is 0 Å². The minimum atomic E-state index is -0.146. The first kappa shape index (κ1) is 17.7. The van der Waals surface area contributed by atoms with Crippen LogP contribution in [0.2, 0.25) is 0 Å². The molecule has 0 radical (unpaired) electrons. The number of rotatable bonds is 3. The van der Waals surface area contributed by atoms with Crippen LogP contribution in [0.5, 0.6) is 0 Å². The molecule has 0 N–H and O–H groups in total. The van der Waals surface area contributed by atoms with Gasteiger partial charge in [-0.3, -0.25) is 14.3 Å². The van der Waals surface area contributed by atoms with Crippen LogP contribution in [0.4, 0.5) is 0 Å². The lowest BCUT2D eigenvalue weighted by atomic mass is 10.1. The molecule has 1 aromatic heterocycles. The smallest absolute Gasteiger partial charge is 0.254 e. The van der Waals surface area contributed by atoms with Gasteiger partial charge in [0.2, 0.25) is 5.91 Å². The number of carbonyl (C=O) groups is 2. The highest BCUT2D eigenvalue weighted by molar-refractivity contribution is 5.94. The van der Waals surface area contributed by atoms with Gasteiger partial charge in [0.1, 0.15) is 0 Å². The lowest BCUT2D eigenvalue weighted by Crippen LogP contribution is -2.45. The van der Waals surface area contributed by atoms with Gasteiger partial charge in [-0.05, 0) is 25.1 Å². The van der Waals surface area contributed by atoms with Gasteiger partial charge in [0.05, 0.1) is 37.9 Å². The summed E-state index contributed by atoms with van der Waals surface area (Å²) in [5.41, 5.74) is 2.70. The van der Waals surface area contributed by atoms with E-state index < -0.39 is 0 Å². The van der Waals surface area contributed by atoms with E-state index in [2.05, 4.69) is 5.10 Å². The Labute approximate surface area is 158 Å². The Morgan fingerprint density at radius 1 is 1.19 bits per heavy atom. The fourth-order valence-corrected chi connectivity index (χ4v) is 3.80. The minimum absolute atomic E-state index is 0.00466. The van der Waals surface area contributed by atoms with Crippen LogP contribution < -0.4 is 0 Å². The van der Waals surface area contributed by atoms with Crippen molar-refractivity contribution in [2.24, 2.45) is 0 Å². The Kier molecular flexibility index (Phi) is 4.94. The third-order valence-corrected chi connectivity index (χ3v) is 5.21. The maximum absolute atomic E-state index is 13.0. The fourth-order valence-electron chi connectivity index (χ4n) is 3.80. The molecule has 1 fully saturated rings. The number of nitrogens with zero attached hydrogens (tertiary/aromatic N) is 4. The zero-order valence-corrected chi connectivity index (χ0v) is 15.5. The van der Waals surface area contributed by atoms with Gasteiger partial charge in [0.15, 0.2) is 0 Å². The summed E-state index contributed by atoms with van der Waals surface area (Å²) in [6.45, 7) is 5.40. The molecule has 1 saturated heterocycles. The Balaban J connectivity index is 1.52. The van der Waals surface area contributed by atoms with Crippen LogP contribution in [0.15, 0.2) is 36.5 Å². The molecular formula is C20H24N4O3. The third kappa shape index (κ3) is 3.73. The standard InChI is InChI=1S/C20H24N4O3/c1-15-3-2-4-16(11-15)20(26)23-13-17-5-6-21-24(17)18(14-23)12-19(25)22-7-9-27-10-8-22/h2-6,11,18H,7-10,12-14H2,1H3/t18-/m1/s1. The van der Waals surface area contributed by atoms with E-state index in [4.69, 9.17) is 4.74 Å². The van der Waals surface area contributed by atoms with Crippen molar-refractivity contribution in [3.63, 3.8) is 0 Å². The lowest BCUT2D eigenvalue weighted by Gasteiger charge is -2.35. The molecule has 1 aromatic carbocycles. The highest BCUT2D eigenvalue weighted by Crippen LogP contribution is 2.25. The third-order valence-electron chi connectivity index (χ3n) is 5.21. The predicted octanol–water partition coefficient (Wildman–Crippen LogP) is 1.64. The SMILES string of the molecule is Cc1cccc(C(=O)N2Cc3ccnn3[C@H](CC(=O)N3CCOCC3)C2)c1. The summed E-state index contributed by atoms with van der Waals surface area (Å²) < 4.78 is 7.23. The molecule has 4 rings (SSSR count). The highest BCUT2D eigenvalue weighted by atomic mass is 16.5. The van der Waals surface area contributed by atoms with Gasteiger partial charge in [-0.15, -0.1) is 0 Å². The number of ether oxygens (including phenoxy) is 1. The zero-order valence-electron chi connectivity index (χ0n) is 15.5. The molecule has 0 unspecified atom stereocenters. The topological polar surface area (TPSA) is 67.7 Å². The maximum atomic E-state index is 13.0. The molecule has 7 nitrogen and oxygen atoms in total. The average molecular weight is 368 g/mol. The quantitative estimate of drug-likeness (QED) is 0.826. The van der Waals surface area contributed by atoms with Crippen LogP contribution in [0.3, 0.4) is 0 Å². The van der Waals surface area contributed by atoms with Crippen molar-refractivity contribution < 1.29 is 14.3 Å². The maximum Gasteiger partial charge on any atom is 0.254 e. The van der Waals surface area contributed by atoms with Crippen molar-refractivity contribution in [2.75, 3.05) is 32.8 Å². The Hall–Kier alpha value is -2.67. The lowest BCUT2D eigenvalue weighted by molar-refractivity contribution is -0.136. The van der Waals surface area contributed by atoms with Crippen molar-refractivity contribution in [3.05, 3.63) is 53.3 Å². The summed E-state index contributed by atoms with van der Waals surface area (Å²) in [5, 5.41) is 4.40. The number of aryl methyl sites for hydroxylation is 1. The molecule has 2 aliphatic rings. The Morgan fingerprint density at radius 3 is 2.78 bits per heavy atom. The van der Waals surface area contributed by atoms with E-state index in [-0.39, 0.29) is 17.9 Å². The van der Waals surface area contributed by atoms with E-state index in [1.807, 2.05) is 51.7 Å². The molecule has 0 spiro atoms. The first-order valence-electron chi connectivity index (χ1n) is 9.35. The van der Waals surface area contributed by atoms with E-state index in [0.717, 1.165) is 11.3 Å². The van der Waals surface area contributed by atoms with Crippen LogP contribution in [0.1, 0.15) is 34.1 Å². The molecule has 7 heteroatoms. The second-order valence-electron chi connectivity index (χ2n) is 7.17. The molecular weight excluding hydrogens is 344 g/mol. The molecule has 2 amide bonds. The van der Waals surface area contributed by atoms with Crippen molar-refractivity contribution in [2.45, 2.75) is 25.9 Å². The summed E-state index contributed by atoms with van der Waals surface area (Å²) in [5.74, 6) is 0.0876. The van der Waals surface area contributed by atoms with Gasteiger partial charge in [-0.2, -0.15) is 5.10 Å². The number of hydrogen-bond acceptors (Lipinski definition) is 4. The number of morpholine rings is 1. The molecule has 2 aliphatic heterocycles. The molecule has 1 atom stereocenters. The fraction of sp³-hybridized carbons (Fsp3) is 0.450. The minimum Gasteiger partial charge on any atom is -0.378 e. The predicted molar refractivity (Wildman–Crippen MR) is 99.2 cm³/mol. The van der Waals surface area contributed by atoms with Crippen molar-refractivity contribution in [1.29, 1.82) is 0 Å². The number of aromatic nitrogens is 2. The van der Waals surface area contributed by atoms with Crippen LogP contribution in [0.25, 0.3) is 0 Å². The number of carbonyl (C=O) groups excluding carboxylic acids is 2. The van der Waals surface area contributed by atoms with E-state index in [1.165, 1.54) is 0 Å². The monoisotopic (exact) mass is 368 g/mol. The van der Waals surface area contributed by atoms with Crippen molar-refractivity contribution in [1.82, 2.24) is 19.6 Å². The average Bonchev–Trinajstić information content (AvgIpc) is 3.17. The van der Waals surface area contributed by atoms with Crippen molar-refractivity contribution >= 4 is 11.8 Å². The van der Waals surface area contributed by atoms with Gasteiger partial charge in [-0.1, -0.05) is 17.7 Å². The molecule has 0 aliphatic carbocycles. The van der Waals surface area contributed by atoms with E-state index in [0.29, 0.717) is 51.4 Å². The number of benzene rings is 1. The van der Waals surface area contributed by atoms with Gasteiger partial charge in [0, 0.05) is 31.4 Å². The molecule has 0 bridgehead atoms. The molecule has 3 heterocycles. The van der Waals surface area contributed by atoms with Gasteiger partial charge < -0.3 is 14.5 Å². The summed E-state index contributed by atoms with van der Waals surface area (Å²) >= 11 is 0. The van der Waals surface area contributed by atoms with Crippen LogP contribution in [0, 0.1) is 6.92 Å². The molecule has 142 valence electrons. The van der Waals surface area contributed by atoms with Crippen molar-refractivity contribution in [3.8, 4) is 0 Å². The second-order valence-corrected chi connectivity index (χ2v) is 7.17. The number of fused-ring (bicyclic) bond motifs is 1. The first-order valence-corrected chi connectivity index (χ1v) is 9.35. The molecule has 27 heavy (non-hydrogen) atoms. The van der Waals surface area contributed by atoms with Gasteiger partial charge in [0.25, 0.3) is 5.91 Å². The first-order chi connectivity index (χ1) is 13.1. The van der Waals surface area contributed by atoms with Gasteiger partial charge in [-0.25, -0.2) is 0 Å². The largest absolute Gasteiger partial charge is 0.378 e. The normalized spacial score (nSPS) is 19.7. The zero-order chi connectivity index (χ0) is 18.8. The van der Waals surface area contributed by atoms with E-state index in [1.54, 1.807) is 6.20 Å². The summed E-state index contributed by atoms with van der Waals surface area (Å²) in [6, 6.07) is 9.40. The number of hydrogen-bond donors (Lipinski definition) is 0. The van der Waals surface area contributed by atoms with Crippen LogP contribution in [-0.2, 0) is 16.1 Å². The summed E-state index contributed by atoms with van der Waals surface area (Å²) in [7, 11) is 0. The molecule has 0 saturated carbocycles. The molecule has 2 aromatic rings. The number of amides is 2. The van der Waals surface area contributed by atoms with E-state index >= 15 is 0 Å². The Morgan fingerprint density at radius 2 is 2.00 bits per heavy atom. The summed E-state index contributed by atoms with van der Waals surface area (Å²) in [4.78, 5) is 29.4. The van der Waals surface area contributed by atoms with Crippen LogP contribution in [-0.4, -0.2) is 64.2 Å².